The molecule has 0 spiro atoms. The fraction of sp³-hybridized carbons (Fsp3) is 0.0417. The molecular formula is C48H33ClO10S2. The summed E-state index contributed by atoms with van der Waals surface area (Å²) in [6, 6.07) is 46.2. The van der Waals surface area contributed by atoms with Gasteiger partial charge in [-0.05, 0) is 68.7 Å². The SMILES string of the molecule is CC(=O)Oc1cc(S(=O)(=O)Cl)c2ccc3cccc4ccc1c2c43.CC(=O)Oc1cc(S(=O)(=O)Oc2ccccc2)c2ccc3cccc4ccc1c2c43.Oc1ccccc1. The zero-order chi connectivity index (χ0) is 43.1. The van der Waals surface area contributed by atoms with Crippen molar-refractivity contribution in [2.75, 3.05) is 0 Å². The molecule has 10 aromatic carbocycles. The van der Waals surface area contributed by atoms with Crippen LogP contribution in [-0.2, 0) is 28.8 Å². The minimum absolute atomic E-state index is 0.0478. The molecule has 0 atom stereocenters. The standard InChI is InChI=1S/C24H16O5S.C18H11ClO4S.C6H6O/c1-15(25)28-21-14-22(30(26,27)29-18-8-3-2-4-9-18)20-13-11-17-7-5-6-16-10-12-19(21)24(20)23(16)17;1-10(20)23-15-9-16(24(19,21)22)14-8-6-12-4-2-3-11-5-7-13(15)18(14)17(11)12;7-6-4-2-1-3-5-6/h2-14H,1H3;2-9H,1H3;1-5,7H. The Bertz CT molecular complexity index is 3470. The van der Waals surface area contributed by atoms with Crippen molar-refractivity contribution in [2.24, 2.45) is 0 Å². The number of phenolic OH excluding ortho intramolecular Hbond substituents is 1. The Morgan fingerprint density at radius 2 is 0.869 bits per heavy atom. The van der Waals surface area contributed by atoms with Gasteiger partial charge in [-0.25, -0.2) is 8.42 Å². The van der Waals surface area contributed by atoms with Crippen molar-refractivity contribution in [3.63, 3.8) is 0 Å². The minimum atomic E-state index is -4.19. The summed E-state index contributed by atoms with van der Waals surface area (Å²) in [5.41, 5.74) is 0. The van der Waals surface area contributed by atoms with E-state index in [1.807, 2.05) is 78.9 Å². The Morgan fingerprint density at radius 3 is 1.26 bits per heavy atom. The molecule has 0 heterocycles. The van der Waals surface area contributed by atoms with Crippen molar-refractivity contribution in [1.29, 1.82) is 0 Å². The highest BCUT2D eigenvalue weighted by Gasteiger charge is 2.26. The molecule has 0 aliphatic heterocycles. The van der Waals surface area contributed by atoms with Gasteiger partial charge in [-0.3, -0.25) is 9.59 Å². The van der Waals surface area contributed by atoms with Gasteiger partial charge in [0.25, 0.3) is 9.05 Å². The summed E-state index contributed by atoms with van der Waals surface area (Å²) in [7, 11) is -2.57. The smallest absolute Gasteiger partial charge is 0.339 e. The van der Waals surface area contributed by atoms with Gasteiger partial charge in [0.1, 0.15) is 27.9 Å². The summed E-state index contributed by atoms with van der Waals surface area (Å²) >= 11 is 0. The maximum Gasteiger partial charge on any atom is 0.339 e. The highest BCUT2D eigenvalue weighted by molar-refractivity contribution is 8.14. The van der Waals surface area contributed by atoms with Gasteiger partial charge in [-0.2, -0.15) is 8.42 Å². The Labute approximate surface area is 354 Å². The molecule has 0 saturated carbocycles. The summed E-state index contributed by atoms with van der Waals surface area (Å²) < 4.78 is 66.5. The first-order valence-electron chi connectivity index (χ1n) is 18.7. The lowest BCUT2D eigenvalue weighted by molar-refractivity contribution is -0.132. The zero-order valence-electron chi connectivity index (χ0n) is 32.3. The van der Waals surface area contributed by atoms with E-state index in [0.29, 0.717) is 27.3 Å². The predicted octanol–water partition coefficient (Wildman–Crippen LogP) is 11.1. The molecule has 0 amide bonds. The number of ether oxygens (including phenoxy) is 2. The van der Waals surface area contributed by atoms with E-state index in [2.05, 4.69) is 0 Å². The lowest BCUT2D eigenvalue weighted by atomic mass is 9.94. The van der Waals surface area contributed by atoms with E-state index in [0.717, 1.165) is 43.1 Å². The van der Waals surface area contributed by atoms with E-state index in [1.54, 1.807) is 66.7 Å². The summed E-state index contributed by atoms with van der Waals surface area (Å²) in [5.74, 6) is -0.156. The first-order valence-corrected chi connectivity index (χ1v) is 22.4. The van der Waals surface area contributed by atoms with Crippen LogP contribution in [0.2, 0.25) is 0 Å². The molecule has 10 aromatic rings. The Balaban J connectivity index is 0.000000148. The fourth-order valence-corrected chi connectivity index (χ4v) is 9.71. The van der Waals surface area contributed by atoms with E-state index in [9.17, 15) is 26.4 Å². The van der Waals surface area contributed by atoms with Crippen molar-refractivity contribution < 1.29 is 45.2 Å². The number of halogens is 1. The van der Waals surface area contributed by atoms with Crippen molar-refractivity contribution in [3.05, 3.63) is 158 Å². The fourth-order valence-electron chi connectivity index (χ4n) is 7.50. The highest BCUT2D eigenvalue weighted by atomic mass is 35.7. The Morgan fingerprint density at radius 1 is 0.475 bits per heavy atom. The van der Waals surface area contributed by atoms with E-state index in [1.165, 1.54) is 26.0 Å². The van der Waals surface area contributed by atoms with Gasteiger partial charge in [-0.1, -0.05) is 109 Å². The number of esters is 2. The van der Waals surface area contributed by atoms with Crippen LogP contribution in [0.4, 0.5) is 0 Å². The van der Waals surface area contributed by atoms with E-state index < -0.39 is 31.1 Å². The lowest BCUT2D eigenvalue weighted by Gasteiger charge is -2.17. The molecule has 0 bridgehead atoms. The quantitative estimate of drug-likeness (QED) is 0.0562. The van der Waals surface area contributed by atoms with Crippen LogP contribution in [0.1, 0.15) is 13.8 Å². The number of carbonyl (C=O) groups is 2. The molecule has 10 rings (SSSR count). The molecule has 1 N–H and O–H groups in total. The molecule has 0 aliphatic carbocycles. The summed E-state index contributed by atoms with van der Waals surface area (Å²) in [6.45, 7) is 2.56. The van der Waals surface area contributed by atoms with Crippen molar-refractivity contribution in [1.82, 2.24) is 0 Å². The molecular weight excluding hydrogens is 836 g/mol. The second-order valence-corrected chi connectivity index (χ2v) is 18.0. The van der Waals surface area contributed by atoms with Gasteiger partial charge in [-0.15, -0.1) is 0 Å². The number of hydrogen-bond acceptors (Lipinski definition) is 10. The van der Waals surface area contributed by atoms with Gasteiger partial charge in [0, 0.05) is 69.0 Å². The van der Waals surface area contributed by atoms with Crippen molar-refractivity contribution >= 4 is 106 Å². The summed E-state index contributed by atoms with van der Waals surface area (Å²) in [6.07, 6.45) is 0. The van der Waals surface area contributed by atoms with Crippen LogP contribution in [0.25, 0.3) is 64.6 Å². The molecule has 0 fully saturated rings. The van der Waals surface area contributed by atoms with E-state index >= 15 is 0 Å². The third-order valence-electron chi connectivity index (χ3n) is 9.88. The van der Waals surface area contributed by atoms with Crippen molar-refractivity contribution in [3.8, 4) is 23.0 Å². The van der Waals surface area contributed by atoms with Crippen molar-refractivity contribution in [2.45, 2.75) is 23.6 Å². The van der Waals surface area contributed by atoms with Gasteiger partial charge < -0.3 is 18.8 Å². The monoisotopic (exact) mass is 868 g/mol. The average Bonchev–Trinajstić information content (AvgIpc) is 3.23. The van der Waals surface area contributed by atoms with Gasteiger partial charge >= 0.3 is 22.1 Å². The van der Waals surface area contributed by atoms with Gasteiger partial charge in [0.05, 0.1) is 4.90 Å². The molecule has 61 heavy (non-hydrogen) atoms. The van der Waals surface area contributed by atoms with Crippen LogP contribution in [0.5, 0.6) is 23.0 Å². The van der Waals surface area contributed by atoms with Crippen LogP contribution < -0.4 is 13.7 Å². The van der Waals surface area contributed by atoms with Crippen LogP contribution in [0.15, 0.2) is 168 Å². The molecule has 0 aliphatic rings. The van der Waals surface area contributed by atoms with E-state index in [-0.39, 0.29) is 27.0 Å². The zero-order valence-corrected chi connectivity index (χ0v) is 34.7. The molecule has 10 nitrogen and oxygen atoms in total. The summed E-state index contributed by atoms with van der Waals surface area (Å²) in [5, 5.41) is 18.2. The number of aromatic hydroxyl groups is 1. The molecule has 0 aromatic heterocycles. The van der Waals surface area contributed by atoms with E-state index in [4.69, 9.17) is 29.4 Å². The first-order chi connectivity index (χ1) is 29.2. The number of hydrogen-bond donors (Lipinski definition) is 1. The molecule has 0 unspecified atom stereocenters. The number of para-hydroxylation sites is 2. The summed E-state index contributed by atoms with van der Waals surface area (Å²) in [4.78, 5) is 23.0. The normalized spacial score (nSPS) is 11.7. The number of phenols is 1. The molecule has 0 radical (unpaired) electrons. The minimum Gasteiger partial charge on any atom is -0.508 e. The maximum atomic E-state index is 13.2. The Hall–Kier alpha value is -6.99. The van der Waals surface area contributed by atoms with Gasteiger partial charge in [0.2, 0.25) is 0 Å². The topological polar surface area (TPSA) is 150 Å². The second-order valence-electron chi connectivity index (χ2n) is 13.9. The molecule has 0 saturated heterocycles. The van der Waals surface area contributed by atoms with Crippen LogP contribution >= 0.6 is 10.7 Å². The number of benzene rings is 10. The Kier molecular flexibility index (Phi) is 10.8. The maximum absolute atomic E-state index is 13.2. The largest absolute Gasteiger partial charge is 0.508 e. The predicted molar refractivity (Wildman–Crippen MR) is 238 cm³/mol. The van der Waals surface area contributed by atoms with Crippen LogP contribution in [0, 0.1) is 0 Å². The van der Waals surface area contributed by atoms with Crippen LogP contribution in [-0.4, -0.2) is 33.9 Å². The number of rotatable bonds is 6. The molecule has 13 heteroatoms. The third kappa shape index (κ3) is 8.16. The second kappa shape index (κ2) is 16.2. The third-order valence-corrected chi connectivity index (χ3v) is 12.5. The first kappa shape index (κ1) is 40.8. The highest BCUT2D eigenvalue weighted by Crippen LogP contribution is 2.44. The number of carbonyl (C=O) groups excluding carboxylic acids is 2. The average molecular weight is 869 g/mol. The van der Waals surface area contributed by atoms with Gasteiger partial charge in [0.15, 0.2) is 0 Å². The molecule has 304 valence electrons. The lowest BCUT2D eigenvalue weighted by Crippen LogP contribution is -2.12. The van der Waals surface area contributed by atoms with Crippen LogP contribution in [0.3, 0.4) is 0 Å².